The lowest BCUT2D eigenvalue weighted by Gasteiger charge is -2.10. The zero-order valence-corrected chi connectivity index (χ0v) is 12.9. The first-order valence-corrected chi connectivity index (χ1v) is 7.24. The molecule has 108 valence electrons. The molecule has 3 nitrogen and oxygen atoms in total. The van der Waals surface area contributed by atoms with Gasteiger partial charge in [0.25, 0.3) is 5.91 Å². The van der Waals surface area contributed by atoms with E-state index < -0.39 is 0 Å². The molecule has 0 aliphatic carbocycles. The van der Waals surface area contributed by atoms with Crippen LogP contribution in [0.1, 0.15) is 21.5 Å². The molecule has 0 bridgehead atoms. The van der Waals surface area contributed by atoms with Gasteiger partial charge in [0.05, 0.1) is 4.99 Å². The summed E-state index contributed by atoms with van der Waals surface area (Å²) in [6.45, 7) is 0.375. The van der Waals surface area contributed by atoms with Gasteiger partial charge in [0.2, 0.25) is 0 Å². The van der Waals surface area contributed by atoms with E-state index in [1.54, 1.807) is 12.1 Å². The average Bonchev–Trinajstić information content (AvgIpc) is 2.46. The minimum atomic E-state index is -0.165. The fraction of sp³-hybridized carbons (Fsp3) is 0.125. The number of hydrogen-bond acceptors (Lipinski definition) is 2. The maximum absolute atomic E-state index is 12.3. The number of thiocarbonyl (C=S) groups is 1. The van der Waals surface area contributed by atoms with Gasteiger partial charge in [-0.1, -0.05) is 60.2 Å². The van der Waals surface area contributed by atoms with Gasteiger partial charge in [-0.15, -0.1) is 0 Å². The highest BCUT2D eigenvalue weighted by molar-refractivity contribution is 7.80. The van der Waals surface area contributed by atoms with E-state index in [0.29, 0.717) is 28.5 Å². The highest BCUT2D eigenvalue weighted by Gasteiger charge is 2.11. The molecular formula is C16H15ClN2OS. The molecule has 0 saturated carbocycles. The van der Waals surface area contributed by atoms with Gasteiger partial charge in [-0.25, -0.2) is 0 Å². The third kappa shape index (κ3) is 4.28. The Labute approximate surface area is 134 Å². The normalized spacial score (nSPS) is 10.1. The van der Waals surface area contributed by atoms with Crippen molar-refractivity contribution in [3.05, 3.63) is 70.2 Å². The number of halogens is 1. The van der Waals surface area contributed by atoms with Crippen LogP contribution in [0, 0.1) is 0 Å². The Balaban J connectivity index is 2.10. The van der Waals surface area contributed by atoms with Gasteiger partial charge >= 0.3 is 0 Å². The van der Waals surface area contributed by atoms with Gasteiger partial charge in [-0.2, -0.15) is 0 Å². The number of carbonyl (C=O) groups excluding carboxylic acids is 1. The van der Waals surface area contributed by atoms with E-state index in [1.807, 2.05) is 36.4 Å². The standard InChI is InChI=1S/C16H15ClN2OS/c17-14-8-4-2-6-12(14)10-19-16(20)13-7-3-1-5-11(13)9-15(18)21/h1-8H,9-10H2,(H2,18,21)(H,19,20). The van der Waals surface area contributed by atoms with Crippen molar-refractivity contribution < 1.29 is 4.79 Å². The Morgan fingerprint density at radius 1 is 1.10 bits per heavy atom. The van der Waals surface area contributed by atoms with Crippen LogP contribution in [-0.4, -0.2) is 10.9 Å². The smallest absolute Gasteiger partial charge is 0.251 e. The zero-order chi connectivity index (χ0) is 15.2. The molecule has 0 heterocycles. The van der Waals surface area contributed by atoms with Gasteiger partial charge in [-0.3, -0.25) is 4.79 Å². The fourth-order valence-electron chi connectivity index (χ4n) is 2.00. The molecule has 21 heavy (non-hydrogen) atoms. The van der Waals surface area contributed by atoms with Crippen LogP contribution < -0.4 is 11.1 Å². The van der Waals surface area contributed by atoms with Gasteiger partial charge in [0.1, 0.15) is 0 Å². The minimum absolute atomic E-state index is 0.165. The molecule has 0 aliphatic heterocycles. The molecule has 5 heteroatoms. The highest BCUT2D eigenvalue weighted by Crippen LogP contribution is 2.15. The van der Waals surface area contributed by atoms with Crippen molar-refractivity contribution in [2.45, 2.75) is 13.0 Å². The van der Waals surface area contributed by atoms with Crippen LogP contribution >= 0.6 is 23.8 Å². The van der Waals surface area contributed by atoms with E-state index in [9.17, 15) is 4.79 Å². The molecule has 0 unspecified atom stereocenters. The van der Waals surface area contributed by atoms with E-state index in [2.05, 4.69) is 5.32 Å². The Morgan fingerprint density at radius 3 is 2.38 bits per heavy atom. The third-order valence-corrected chi connectivity index (χ3v) is 3.54. The van der Waals surface area contributed by atoms with Crippen LogP contribution in [0.3, 0.4) is 0 Å². The summed E-state index contributed by atoms with van der Waals surface area (Å²) in [4.78, 5) is 12.7. The highest BCUT2D eigenvalue weighted by atomic mass is 35.5. The first-order chi connectivity index (χ1) is 10.1. The van der Waals surface area contributed by atoms with Crippen molar-refractivity contribution >= 4 is 34.7 Å². The summed E-state index contributed by atoms with van der Waals surface area (Å²) in [6.07, 6.45) is 0.408. The number of amides is 1. The van der Waals surface area contributed by atoms with Gasteiger partial charge in [0.15, 0.2) is 0 Å². The van der Waals surface area contributed by atoms with Crippen molar-refractivity contribution in [1.29, 1.82) is 0 Å². The molecule has 0 radical (unpaired) electrons. The molecular weight excluding hydrogens is 304 g/mol. The number of nitrogens with one attached hydrogen (secondary N) is 1. The van der Waals surface area contributed by atoms with E-state index >= 15 is 0 Å². The van der Waals surface area contributed by atoms with Crippen molar-refractivity contribution in [1.82, 2.24) is 5.32 Å². The van der Waals surface area contributed by atoms with Crippen LogP contribution in [-0.2, 0) is 13.0 Å². The first-order valence-electron chi connectivity index (χ1n) is 6.45. The van der Waals surface area contributed by atoms with E-state index in [4.69, 9.17) is 29.6 Å². The van der Waals surface area contributed by atoms with E-state index in [0.717, 1.165) is 11.1 Å². The zero-order valence-electron chi connectivity index (χ0n) is 11.3. The molecule has 0 aromatic heterocycles. The molecule has 0 fully saturated rings. The molecule has 2 rings (SSSR count). The second kappa shape index (κ2) is 7.20. The minimum Gasteiger partial charge on any atom is -0.393 e. The molecule has 1 amide bonds. The summed E-state index contributed by atoms with van der Waals surface area (Å²) < 4.78 is 0. The van der Waals surface area contributed by atoms with Crippen LogP contribution in [0.25, 0.3) is 0 Å². The summed E-state index contributed by atoms with van der Waals surface area (Å²) in [7, 11) is 0. The maximum atomic E-state index is 12.3. The number of benzene rings is 2. The third-order valence-electron chi connectivity index (χ3n) is 3.02. The molecule has 0 saturated heterocycles. The van der Waals surface area contributed by atoms with Crippen LogP contribution in [0.4, 0.5) is 0 Å². The molecule has 3 N–H and O–H groups in total. The number of rotatable bonds is 5. The Bertz CT molecular complexity index is 673. The van der Waals surface area contributed by atoms with E-state index in [1.165, 1.54) is 0 Å². The topological polar surface area (TPSA) is 55.1 Å². The van der Waals surface area contributed by atoms with Crippen LogP contribution in [0.5, 0.6) is 0 Å². The van der Waals surface area contributed by atoms with Crippen molar-refractivity contribution in [3.63, 3.8) is 0 Å². The molecule has 2 aromatic rings. The Kier molecular flexibility index (Phi) is 5.31. The fourth-order valence-corrected chi connectivity index (χ4v) is 2.35. The predicted octanol–water partition coefficient (Wildman–Crippen LogP) is 3.10. The number of hydrogen-bond donors (Lipinski definition) is 2. The summed E-state index contributed by atoms with van der Waals surface area (Å²) in [5, 5.41) is 3.50. The average molecular weight is 319 g/mol. The summed E-state index contributed by atoms with van der Waals surface area (Å²) in [5.74, 6) is -0.165. The first kappa shape index (κ1) is 15.5. The number of nitrogens with two attached hydrogens (primary N) is 1. The summed E-state index contributed by atoms with van der Waals surface area (Å²) in [6, 6.07) is 14.7. The number of carbonyl (C=O) groups is 1. The van der Waals surface area contributed by atoms with Gasteiger partial charge in [0, 0.05) is 23.6 Å². The van der Waals surface area contributed by atoms with E-state index in [-0.39, 0.29) is 5.91 Å². The van der Waals surface area contributed by atoms with Gasteiger partial charge < -0.3 is 11.1 Å². The van der Waals surface area contributed by atoms with Crippen molar-refractivity contribution in [2.24, 2.45) is 5.73 Å². The lowest BCUT2D eigenvalue weighted by atomic mass is 10.0. The second-order valence-electron chi connectivity index (χ2n) is 4.57. The Hall–Kier alpha value is -1.91. The molecule has 0 atom stereocenters. The molecule has 0 aliphatic rings. The summed E-state index contributed by atoms with van der Waals surface area (Å²) in [5.41, 5.74) is 7.84. The largest absolute Gasteiger partial charge is 0.393 e. The molecule has 2 aromatic carbocycles. The van der Waals surface area contributed by atoms with Crippen LogP contribution in [0.15, 0.2) is 48.5 Å². The lowest BCUT2D eigenvalue weighted by molar-refractivity contribution is 0.0950. The van der Waals surface area contributed by atoms with Crippen LogP contribution in [0.2, 0.25) is 5.02 Å². The SMILES string of the molecule is NC(=S)Cc1ccccc1C(=O)NCc1ccccc1Cl. The lowest BCUT2D eigenvalue weighted by Crippen LogP contribution is -2.25. The van der Waals surface area contributed by atoms with Crippen molar-refractivity contribution in [2.75, 3.05) is 0 Å². The van der Waals surface area contributed by atoms with Crippen molar-refractivity contribution in [3.8, 4) is 0 Å². The quantitative estimate of drug-likeness (QED) is 0.833. The predicted molar refractivity (Wildman–Crippen MR) is 89.6 cm³/mol. The molecule has 0 spiro atoms. The maximum Gasteiger partial charge on any atom is 0.251 e. The summed E-state index contributed by atoms with van der Waals surface area (Å²) >= 11 is 11.0. The Morgan fingerprint density at radius 2 is 1.71 bits per heavy atom. The van der Waals surface area contributed by atoms with Gasteiger partial charge in [-0.05, 0) is 23.3 Å². The second-order valence-corrected chi connectivity index (χ2v) is 5.51. The monoisotopic (exact) mass is 318 g/mol.